The van der Waals surface area contributed by atoms with Crippen LogP contribution in [0.4, 0.5) is 0 Å². The third-order valence-electron chi connectivity index (χ3n) is 1.37. The van der Waals surface area contributed by atoms with Gasteiger partial charge in [-0.25, -0.2) is 4.98 Å². The van der Waals surface area contributed by atoms with Gasteiger partial charge in [0.2, 0.25) is 0 Å². The van der Waals surface area contributed by atoms with Gasteiger partial charge >= 0.3 is 0 Å². The number of nitrogens with zero attached hydrogens (tertiary/aromatic N) is 3. The standard InChI is InChI=1S/C7H6N4/c1-3-8-4-2-6(1)7-9-5-10-11-7/h1-5H,(H,9,10,11). The topological polar surface area (TPSA) is 54.5 Å². The van der Waals surface area contributed by atoms with E-state index in [1.54, 1.807) is 12.4 Å². The average Bonchev–Trinajstić information content (AvgIpc) is 2.58. The molecule has 0 bridgehead atoms. The lowest BCUT2D eigenvalue weighted by molar-refractivity contribution is 1.09. The first-order valence-electron chi connectivity index (χ1n) is 3.22. The minimum absolute atomic E-state index is 0.771. The molecule has 1 N–H and O–H groups in total. The monoisotopic (exact) mass is 146 g/mol. The molecule has 54 valence electrons. The van der Waals surface area contributed by atoms with Crippen molar-refractivity contribution in [1.29, 1.82) is 0 Å². The molecule has 0 fully saturated rings. The predicted octanol–water partition coefficient (Wildman–Crippen LogP) is 0.867. The number of rotatable bonds is 1. The number of aromatic nitrogens is 4. The summed E-state index contributed by atoms with van der Waals surface area (Å²) in [5, 5.41) is 6.51. The van der Waals surface area contributed by atoms with E-state index in [0.29, 0.717) is 0 Å². The number of H-pyrrole nitrogens is 1. The van der Waals surface area contributed by atoms with Crippen molar-refractivity contribution in [3.63, 3.8) is 0 Å². The Morgan fingerprint density at radius 1 is 1.18 bits per heavy atom. The molecule has 0 amide bonds. The summed E-state index contributed by atoms with van der Waals surface area (Å²) in [6.07, 6.45) is 4.92. The Labute approximate surface area is 63.3 Å². The summed E-state index contributed by atoms with van der Waals surface area (Å²) in [5.74, 6) is 0.771. The van der Waals surface area contributed by atoms with Gasteiger partial charge in [0.1, 0.15) is 6.33 Å². The summed E-state index contributed by atoms with van der Waals surface area (Å²) in [6.45, 7) is 0. The molecule has 0 atom stereocenters. The van der Waals surface area contributed by atoms with E-state index in [1.807, 2.05) is 12.1 Å². The smallest absolute Gasteiger partial charge is 0.155 e. The molecule has 0 saturated carbocycles. The maximum atomic E-state index is 3.99. The average molecular weight is 146 g/mol. The molecule has 4 heteroatoms. The van der Waals surface area contributed by atoms with Gasteiger partial charge < -0.3 is 0 Å². The molecule has 0 unspecified atom stereocenters. The first-order chi connectivity index (χ1) is 5.47. The fraction of sp³-hybridized carbons (Fsp3) is 0. The summed E-state index contributed by atoms with van der Waals surface area (Å²) in [5.41, 5.74) is 0.998. The van der Waals surface area contributed by atoms with Crippen LogP contribution in [-0.4, -0.2) is 20.2 Å². The normalized spacial score (nSPS) is 9.82. The Morgan fingerprint density at radius 2 is 2.00 bits per heavy atom. The second-order valence-electron chi connectivity index (χ2n) is 2.07. The van der Waals surface area contributed by atoms with Crippen LogP contribution in [-0.2, 0) is 0 Å². The fourth-order valence-electron chi connectivity index (χ4n) is 0.854. The first-order valence-corrected chi connectivity index (χ1v) is 3.22. The van der Waals surface area contributed by atoms with Crippen LogP contribution in [0.25, 0.3) is 11.4 Å². The van der Waals surface area contributed by atoms with E-state index in [9.17, 15) is 0 Å². The SMILES string of the molecule is c1cc(-c2ncn[nH]2)ccn1. The van der Waals surface area contributed by atoms with Gasteiger partial charge in [-0.05, 0) is 12.1 Å². The van der Waals surface area contributed by atoms with E-state index in [0.717, 1.165) is 11.4 Å². The Bertz CT molecular complexity index is 313. The van der Waals surface area contributed by atoms with Crippen molar-refractivity contribution in [1.82, 2.24) is 20.2 Å². The van der Waals surface area contributed by atoms with Crippen molar-refractivity contribution in [2.45, 2.75) is 0 Å². The highest BCUT2D eigenvalue weighted by atomic mass is 15.2. The maximum Gasteiger partial charge on any atom is 0.155 e. The second kappa shape index (κ2) is 2.49. The van der Waals surface area contributed by atoms with Crippen molar-refractivity contribution in [3.05, 3.63) is 30.9 Å². The van der Waals surface area contributed by atoms with Crippen LogP contribution in [0.15, 0.2) is 30.9 Å². The van der Waals surface area contributed by atoms with E-state index in [-0.39, 0.29) is 0 Å². The van der Waals surface area contributed by atoms with Crippen LogP contribution in [0.1, 0.15) is 0 Å². The molecule has 2 aromatic rings. The molecule has 0 radical (unpaired) electrons. The van der Waals surface area contributed by atoms with Gasteiger partial charge in [-0.3, -0.25) is 10.1 Å². The summed E-state index contributed by atoms with van der Waals surface area (Å²) in [4.78, 5) is 7.89. The molecule has 2 rings (SSSR count). The zero-order chi connectivity index (χ0) is 7.52. The lowest BCUT2D eigenvalue weighted by Crippen LogP contribution is -1.79. The van der Waals surface area contributed by atoms with E-state index < -0.39 is 0 Å². The minimum atomic E-state index is 0.771. The zero-order valence-corrected chi connectivity index (χ0v) is 5.73. The number of hydrogen-bond acceptors (Lipinski definition) is 3. The molecule has 0 aliphatic heterocycles. The third-order valence-corrected chi connectivity index (χ3v) is 1.37. The molecule has 0 aliphatic rings. The highest BCUT2D eigenvalue weighted by Gasteiger charge is 1.96. The maximum absolute atomic E-state index is 3.99. The van der Waals surface area contributed by atoms with Crippen LogP contribution < -0.4 is 0 Å². The Hall–Kier alpha value is -1.71. The largest absolute Gasteiger partial charge is 0.265 e. The van der Waals surface area contributed by atoms with Crippen molar-refractivity contribution in [3.8, 4) is 11.4 Å². The third kappa shape index (κ3) is 1.10. The minimum Gasteiger partial charge on any atom is -0.265 e. The van der Waals surface area contributed by atoms with E-state index in [4.69, 9.17) is 0 Å². The molecular formula is C7H6N4. The number of aromatic amines is 1. The van der Waals surface area contributed by atoms with Gasteiger partial charge in [-0.2, -0.15) is 5.10 Å². The predicted molar refractivity (Wildman–Crippen MR) is 39.6 cm³/mol. The number of pyridine rings is 1. The van der Waals surface area contributed by atoms with Crippen molar-refractivity contribution in [2.75, 3.05) is 0 Å². The molecule has 0 saturated heterocycles. The molecular weight excluding hydrogens is 140 g/mol. The lowest BCUT2D eigenvalue weighted by Gasteiger charge is -1.91. The van der Waals surface area contributed by atoms with Crippen LogP contribution >= 0.6 is 0 Å². The van der Waals surface area contributed by atoms with Crippen molar-refractivity contribution < 1.29 is 0 Å². The van der Waals surface area contributed by atoms with Gasteiger partial charge in [-0.1, -0.05) is 0 Å². The quantitative estimate of drug-likeness (QED) is 0.649. The van der Waals surface area contributed by atoms with Crippen LogP contribution in [0, 0.1) is 0 Å². The summed E-state index contributed by atoms with van der Waals surface area (Å²) < 4.78 is 0. The second-order valence-corrected chi connectivity index (χ2v) is 2.07. The molecule has 11 heavy (non-hydrogen) atoms. The Morgan fingerprint density at radius 3 is 2.64 bits per heavy atom. The van der Waals surface area contributed by atoms with Gasteiger partial charge in [0.15, 0.2) is 5.82 Å². The zero-order valence-electron chi connectivity index (χ0n) is 5.73. The highest BCUT2D eigenvalue weighted by molar-refractivity contribution is 5.52. The Kier molecular flexibility index (Phi) is 1.37. The fourth-order valence-corrected chi connectivity index (χ4v) is 0.854. The summed E-state index contributed by atoms with van der Waals surface area (Å²) in [7, 11) is 0. The van der Waals surface area contributed by atoms with Gasteiger partial charge in [0, 0.05) is 18.0 Å². The van der Waals surface area contributed by atoms with Gasteiger partial charge in [0.25, 0.3) is 0 Å². The van der Waals surface area contributed by atoms with Crippen molar-refractivity contribution in [2.24, 2.45) is 0 Å². The molecule has 2 aromatic heterocycles. The molecule has 0 spiro atoms. The van der Waals surface area contributed by atoms with Gasteiger partial charge in [0.05, 0.1) is 0 Å². The molecule has 2 heterocycles. The Balaban J connectivity index is 2.46. The van der Waals surface area contributed by atoms with Crippen LogP contribution in [0.3, 0.4) is 0 Å². The first kappa shape index (κ1) is 6.03. The molecule has 0 aromatic carbocycles. The number of hydrogen-bond donors (Lipinski definition) is 1. The van der Waals surface area contributed by atoms with E-state index >= 15 is 0 Å². The lowest BCUT2D eigenvalue weighted by atomic mass is 10.3. The van der Waals surface area contributed by atoms with Crippen molar-refractivity contribution >= 4 is 0 Å². The van der Waals surface area contributed by atoms with E-state index in [1.165, 1.54) is 6.33 Å². The van der Waals surface area contributed by atoms with Gasteiger partial charge in [-0.15, -0.1) is 0 Å². The summed E-state index contributed by atoms with van der Waals surface area (Å²) in [6, 6.07) is 3.75. The molecule has 0 aliphatic carbocycles. The number of nitrogens with one attached hydrogen (secondary N) is 1. The van der Waals surface area contributed by atoms with Crippen LogP contribution in [0.2, 0.25) is 0 Å². The molecule has 4 nitrogen and oxygen atoms in total. The van der Waals surface area contributed by atoms with E-state index in [2.05, 4.69) is 20.2 Å². The van der Waals surface area contributed by atoms with Crippen LogP contribution in [0.5, 0.6) is 0 Å². The summed E-state index contributed by atoms with van der Waals surface area (Å²) >= 11 is 0. The highest BCUT2D eigenvalue weighted by Crippen LogP contribution is 2.09.